The molecule has 0 aromatic carbocycles. The number of carbonyl (C=O) groups is 3. The van der Waals surface area contributed by atoms with Crippen LogP contribution in [0, 0.1) is 0 Å². The molecule has 2 aliphatic heterocycles. The highest BCUT2D eigenvalue weighted by atomic mass is 31.3. The maximum atomic E-state index is 12.9. The highest BCUT2D eigenvalue weighted by Gasteiger charge is 2.53. The first-order valence-electron chi connectivity index (χ1n) is 13.1. The van der Waals surface area contributed by atoms with Crippen LogP contribution in [0.4, 0.5) is 0 Å². The van der Waals surface area contributed by atoms with Crippen LogP contribution in [-0.4, -0.2) is 110 Å². The standard InChI is InChI=1S/C21H30N6O18P2/c1-8(28)24-14-18(41-10(3)30)17(40-9(2)29)11(6-23-26-22)43-20(14)44-47(37,38)45-46(35,36)39-7-12-15(32)16(33)19(42-12)27-5-4-13(31)25-21(27)34/h4-5,11-12,14-20,32-33H,6-7H2,1-3H3,(H,24,28)(H,35,36)(H,37,38)(H,25,31,34)/t11?,12-,14?,15?,16?,17?,18?,19-,20?/m1/s1. The van der Waals surface area contributed by atoms with Crippen LogP contribution in [0.15, 0.2) is 27.0 Å². The molecule has 0 saturated carbocycles. The van der Waals surface area contributed by atoms with Gasteiger partial charge in [0, 0.05) is 37.9 Å². The lowest BCUT2D eigenvalue weighted by atomic mass is 9.96. The van der Waals surface area contributed by atoms with E-state index in [1.54, 1.807) is 0 Å². The van der Waals surface area contributed by atoms with Gasteiger partial charge >= 0.3 is 33.3 Å². The van der Waals surface area contributed by atoms with Gasteiger partial charge < -0.3 is 44.3 Å². The van der Waals surface area contributed by atoms with Gasteiger partial charge in [-0.1, -0.05) is 5.11 Å². The number of hydrogen-bond donors (Lipinski definition) is 6. The molecule has 0 bridgehead atoms. The van der Waals surface area contributed by atoms with Crippen molar-refractivity contribution in [2.45, 2.75) is 76.0 Å². The summed E-state index contributed by atoms with van der Waals surface area (Å²) < 4.78 is 61.2. The number of phosphoric acid groups is 2. The van der Waals surface area contributed by atoms with Crippen molar-refractivity contribution in [3.8, 4) is 0 Å². The zero-order valence-electron chi connectivity index (χ0n) is 24.5. The normalized spacial score (nSPS) is 31.4. The third kappa shape index (κ3) is 10.2. The largest absolute Gasteiger partial charge is 0.483 e. The number of rotatable bonds is 13. The number of nitrogens with one attached hydrogen (secondary N) is 2. The van der Waals surface area contributed by atoms with Gasteiger partial charge in [-0.25, -0.2) is 13.9 Å². The van der Waals surface area contributed by atoms with Crippen LogP contribution in [0.5, 0.6) is 0 Å². The lowest BCUT2D eigenvalue weighted by Crippen LogP contribution is -2.66. The van der Waals surface area contributed by atoms with Gasteiger partial charge in [-0.2, -0.15) is 4.31 Å². The van der Waals surface area contributed by atoms with Gasteiger partial charge in [0.05, 0.1) is 13.2 Å². The number of hydrogen-bond acceptors (Lipinski definition) is 17. The summed E-state index contributed by atoms with van der Waals surface area (Å²) >= 11 is 0. The number of ether oxygens (including phenoxy) is 4. The number of H-pyrrole nitrogens is 1. The van der Waals surface area contributed by atoms with E-state index in [1.807, 2.05) is 4.98 Å². The van der Waals surface area contributed by atoms with Gasteiger partial charge in [0.2, 0.25) is 5.91 Å². The Hall–Kier alpha value is -3.50. The Morgan fingerprint density at radius 1 is 1.04 bits per heavy atom. The molecular weight excluding hydrogens is 686 g/mol. The average molecular weight is 716 g/mol. The number of amides is 1. The van der Waals surface area contributed by atoms with Gasteiger partial charge in [-0.3, -0.25) is 37.8 Å². The second-order valence-corrected chi connectivity index (χ2v) is 12.8. The van der Waals surface area contributed by atoms with Crippen molar-refractivity contribution in [2.75, 3.05) is 13.2 Å². The zero-order valence-corrected chi connectivity index (χ0v) is 26.2. The molecule has 3 heterocycles. The number of aromatic nitrogens is 2. The molecule has 2 aliphatic rings. The van der Waals surface area contributed by atoms with Crippen LogP contribution in [0.25, 0.3) is 10.4 Å². The van der Waals surface area contributed by atoms with Crippen LogP contribution in [-0.2, 0) is 55.8 Å². The summed E-state index contributed by atoms with van der Waals surface area (Å²) in [6.07, 6.45) is -12.9. The van der Waals surface area contributed by atoms with E-state index in [-0.39, 0.29) is 0 Å². The number of aliphatic hydroxyl groups excluding tert-OH is 2. The summed E-state index contributed by atoms with van der Waals surface area (Å²) in [6.45, 7) is 1.17. The summed E-state index contributed by atoms with van der Waals surface area (Å²) in [6, 6.07) is -0.832. The van der Waals surface area contributed by atoms with Crippen LogP contribution in [0.1, 0.15) is 27.0 Å². The Morgan fingerprint density at radius 2 is 1.68 bits per heavy atom. The Labute approximate surface area is 262 Å². The fraction of sp³-hybridized carbons (Fsp3) is 0.667. The lowest BCUT2D eigenvalue weighted by molar-refractivity contribution is -0.250. The molecule has 11 atom stereocenters. The zero-order chi connectivity index (χ0) is 35.3. The van der Waals surface area contributed by atoms with E-state index in [0.717, 1.165) is 33.0 Å². The Bertz CT molecular complexity index is 1600. The van der Waals surface area contributed by atoms with Gasteiger partial charge in [0.1, 0.15) is 30.5 Å². The topological polar surface area (TPSA) is 347 Å². The average Bonchev–Trinajstić information content (AvgIpc) is 3.21. The monoisotopic (exact) mass is 716 g/mol. The van der Waals surface area contributed by atoms with Gasteiger partial charge in [-0.15, -0.1) is 0 Å². The first kappa shape index (κ1) is 38.0. The van der Waals surface area contributed by atoms with Crippen molar-refractivity contribution in [2.24, 2.45) is 5.11 Å². The van der Waals surface area contributed by atoms with E-state index in [4.69, 9.17) is 29.0 Å². The van der Waals surface area contributed by atoms with Gasteiger partial charge in [-0.05, 0) is 5.53 Å². The summed E-state index contributed by atoms with van der Waals surface area (Å²) in [7, 11) is -11.4. The van der Waals surface area contributed by atoms with Crippen molar-refractivity contribution >= 4 is 33.5 Å². The summed E-state index contributed by atoms with van der Waals surface area (Å²) in [5.74, 6) is -2.77. The van der Waals surface area contributed by atoms with Crippen molar-refractivity contribution in [1.82, 2.24) is 14.9 Å². The second kappa shape index (κ2) is 15.6. The molecule has 1 aromatic rings. The summed E-state index contributed by atoms with van der Waals surface area (Å²) in [4.78, 5) is 84.0. The fourth-order valence-corrected chi connectivity index (χ4v) is 6.67. The Kier molecular flexibility index (Phi) is 12.6. The Balaban J connectivity index is 1.79. The molecule has 24 nitrogen and oxygen atoms in total. The minimum Gasteiger partial charge on any atom is -0.456 e. The Morgan fingerprint density at radius 3 is 2.26 bits per heavy atom. The van der Waals surface area contributed by atoms with Crippen molar-refractivity contribution in [1.29, 1.82) is 0 Å². The molecule has 47 heavy (non-hydrogen) atoms. The van der Waals surface area contributed by atoms with E-state index in [9.17, 15) is 53.1 Å². The van der Waals surface area contributed by atoms with E-state index >= 15 is 0 Å². The summed E-state index contributed by atoms with van der Waals surface area (Å²) in [5.41, 5.74) is 6.97. The predicted molar refractivity (Wildman–Crippen MR) is 146 cm³/mol. The number of azide groups is 1. The lowest BCUT2D eigenvalue weighted by Gasteiger charge is -2.44. The molecular formula is C21H30N6O18P2. The number of carbonyl (C=O) groups excluding carboxylic acids is 3. The van der Waals surface area contributed by atoms with E-state index in [1.165, 1.54) is 0 Å². The second-order valence-electron chi connectivity index (χ2n) is 9.81. The molecule has 26 heteroatoms. The highest BCUT2D eigenvalue weighted by Crippen LogP contribution is 2.61. The SMILES string of the molecule is CC(=O)NC1C(OP(=O)(O)OP(=O)(O)OC[C@H]2O[C@@H](n3ccc(=O)[nH]c3=O)C(O)C2O)OC(CN=[N+]=[N-])C(OC(C)=O)C1OC(C)=O. The minimum absolute atomic E-state index is 0.640. The van der Waals surface area contributed by atoms with Crippen molar-refractivity contribution in [3.63, 3.8) is 0 Å². The van der Waals surface area contributed by atoms with E-state index in [0.29, 0.717) is 4.57 Å². The minimum atomic E-state index is -5.78. The molecule has 0 aliphatic carbocycles. The molecule has 1 amide bonds. The van der Waals surface area contributed by atoms with Crippen LogP contribution in [0.3, 0.4) is 0 Å². The summed E-state index contributed by atoms with van der Waals surface area (Å²) in [5, 5.41) is 26.1. The quantitative estimate of drug-likeness (QED) is 0.0415. The third-order valence-corrected chi connectivity index (χ3v) is 8.85. The number of nitrogens with zero attached hydrogens (tertiary/aromatic N) is 4. The molecule has 2 fully saturated rings. The van der Waals surface area contributed by atoms with E-state index < -0.39 is 113 Å². The predicted octanol–water partition coefficient (Wildman–Crippen LogP) is -2.19. The maximum Gasteiger partial charge on any atom is 0.483 e. The number of aromatic amines is 1. The fourth-order valence-electron chi connectivity index (χ4n) is 4.51. The molecule has 9 unspecified atom stereocenters. The van der Waals surface area contributed by atoms with Gasteiger partial charge in [0.15, 0.2) is 24.7 Å². The first-order valence-corrected chi connectivity index (χ1v) is 16.1. The molecule has 1 aromatic heterocycles. The molecule has 6 N–H and O–H groups in total. The van der Waals surface area contributed by atoms with Crippen molar-refractivity contribution in [3.05, 3.63) is 43.5 Å². The van der Waals surface area contributed by atoms with Crippen molar-refractivity contribution < 1.29 is 75.8 Å². The number of phosphoric ester groups is 2. The first-order chi connectivity index (χ1) is 21.8. The number of esters is 2. The molecule has 0 spiro atoms. The molecule has 3 rings (SSSR count). The van der Waals surface area contributed by atoms with Crippen LogP contribution >= 0.6 is 15.6 Å². The molecule has 2 saturated heterocycles. The van der Waals surface area contributed by atoms with Gasteiger partial charge in [0.25, 0.3) is 5.56 Å². The molecule has 0 radical (unpaired) electrons. The number of aliphatic hydroxyl groups is 2. The van der Waals surface area contributed by atoms with E-state index in [2.05, 4.69) is 24.2 Å². The molecule has 262 valence electrons. The maximum absolute atomic E-state index is 12.9. The van der Waals surface area contributed by atoms with Crippen LogP contribution in [0.2, 0.25) is 0 Å². The highest BCUT2D eigenvalue weighted by molar-refractivity contribution is 7.61. The smallest absolute Gasteiger partial charge is 0.456 e. The third-order valence-electron chi connectivity index (χ3n) is 6.25. The van der Waals surface area contributed by atoms with Crippen LogP contribution < -0.4 is 16.6 Å².